The first kappa shape index (κ1) is 24.4. The molecule has 0 radical (unpaired) electrons. The van der Waals surface area contributed by atoms with E-state index in [9.17, 15) is 4.79 Å². The molecule has 1 aromatic rings. The van der Waals surface area contributed by atoms with Crippen molar-refractivity contribution in [2.75, 3.05) is 39.8 Å². The van der Waals surface area contributed by atoms with Gasteiger partial charge in [-0.05, 0) is 72.9 Å². The van der Waals surface area contributed by atoms with Gasteiger partial charge in [-0.25, -0.2) is 9.78 Å². The third-order valence-corrected chi connectivity index (χ3v) is 6.11. The van der Waals surface area contributed by atoms with Crippen LogP contribution in [0.4, 0.5) is 4.79 Å². The standard InChI is InChI=1S/C23H40N6O3/c1-16-17(2)31-20(26-16)15-28-10-7-18(8-11-28)13-25-21(24-6)29-12-9-19(14-29)27-22(30)32-23(3,4)5/h18-19H,7-15H2,1-6H3,(H,24,25)(H,27,30). The fourth-order valence-electron chi connectivity index (χ4n) is 4.26. The number of alkyl carbamates (subject to hydrolysis) is 1. The number of ether oxygens (including phenoxy) is 1. The number of nitrogens with zero attached hydrogens (tertiary/aromatic N) is 4. The summed E-state index contributed by atoms with van der Waals surface area (Å²) in [4.78, 5) is 25.6. The van der Waals surface area contributed by atoms with Crippen molar-refractivity contribution in [3.63, 3.8) is 0 Å². The number of likely N-dealkylation sites (tertiary alicyclic amines) is 2. The molecule has 1 atom stereocenters. The Morgan fingerprint density at radius 1 is 1.22 bits per heavy atom. The molecule has 0 saturated carbocycles. The Kier molecular flexibility index (Phi) is 8.03. The molecule has 0 aliphatic carbocycles. The molecule has 2 aliphatic heterocycles. The van der Waals surface area contributed by atoms with E-state index in [0.29, 0.717) is 5.92 Å². The third kappa shape index (κ3) is 7.12. The van der Waals surface area contributed by atoms with E-state index in [2.05, 4.69) is 30.4 Å². The Hall–Kier alpha value is -2.29. The zero-order valence-corrected chi connectivity index (χ0v) is 20.5. The summed E-state index contributed by atoms with van der Waals surface area (Å²) in [6, 6.07) is 0.0779. The van der Waals surface area contributed by atoms with Crippen LogP contribution < -0.4 is 10.6 Å². The average Bonchev–Trinajstić information content (AvgIpc) is 3.28. The van der Waals surface area contributed by atoms with Crippen molar-refractivity contribution in [1.82, 2.24) is 25.4 Å². The lowest BCUT2D eigenvalue weighted by Gasteiger charge is -2.32. The van der Waals surface area contributed by atoms with Crippen molar-refractivity contribution in [2.45, 2.75) is 72.1 Å². The van der Waals surface area contributed by atoms with Gasteiger partial charge in [0.1, 0.15) is 11.4 Å². The van der Waals surface area contributed by atoms with E-state index in [1.165, 1.54) is 0 Å². The predicted octanol–water partition coefficient (Wildman–Crippen LogP) is 2.68. The highest BCUT2D eigenvalue weighted by Crippen LogP contribution is 2.20. The molecule has 1 aromatic heterocycles. The minimum absolute atomic E-state index is 0.0779. The summed E-state index contributed by atoms with van der Waals surface area (Å²) >= 11 is 0. The van der Waals surface area contributed by atoms with Gasteiger partial charge < -0.3 is 24.7 Å². The van der Waals surface area contributed by atoms with E-state index >= 15 is 0 Å². The summed E-state index contributed by atoms with van der Waals surface area (Å²) in [6.45, 7) is 15.0. The number of oxazole rings is 1. The molecule has 32 heavy (non-hydrogen) atoms. The quantitative estimate of drug-likeness (QED) is 0.528. The molecular weight excluding hydrogens is 408 g/mol. The Morgan fingerprint density at radius 3 is 2.53 bits per heavy atom. The Bertz CT molecular complexity index is 773. The first-order chi connectivity index (χ1) is 15.1. The van der Waals surface area contributed by atoms with Crippen LogP contribution in [0, 0.1) is 19.8 Å². The lowest BCUT2D eigenvalue weighted by Crippen LogP contribution is -2.46. The van der Waals surface area contributed by atoms with Crippen LogP contribution in [0.3, 0.4) is 0 Å². The molecule has 2 fully saturated rings. The van der Waals surface area contributed by atoms with E-state index in [1.54, 1.807) is 0 Å². The van der Waals surface area contributed by atoms with E-state index in [4.69, 9.17) is 9.15 Å². The second-order valence-corrected chi connectivity index (χ2v) is 9.97. The maximum Gasteiger partial charge on any atom is 0.407 e. The van der Waals surface area contributed by atoms with Crippen LogP contribution in [0.2, 0.25) is 0 Å². The number of carbonyl (C=O) groups excluding carboxylic acids is 1. The normalized spacial score (nSPS) is 21.1. The number of carbonyl (C=O) groups is 1. The van der Waals surface area contributed by atoms with E-state index in [0.717, 1.165) is 81.8 Å². The van der Waals surface area contributed by atoms with Crippen LogP contribution in [0.15, 0.2) is 9.41 Å². The van der Waals surface area contributed by atoms with Gasteiger partial charge in [-0.3, -0.25) is 9.89 Å². The molecule has 2 aliphatic rings. The van der Waals surface area contributed by atoms with Crippen LogP contribution in [0.25, 0.3) is 0 Å². The lowest BCUT2D eigenvalue weighted by atomic mass is 9.97. The van der Waals surface area contributed by atoms with Crippen LogP contribution >= 0.6 is 0 Å². The van der Waals surface area contributed by atoms with Gasteiger partial charge in [-0.1, -0.05) is 0 Å². The molecule has 2 N–H and O–H groups in total. The molecule has 9 nitrogen and oxygen atoms in total. The van der Waals surface area contributed by atoms with Crippen molar-refractivity contribution in [3.8, 4) is 0 Å². The van der Waals surface area contributed by atoms with Crippen LogP contribution in [-0.2, 0) is 11.3 Å². The molecule has 0 bridgehead atoms. The molecule has 1 unspecified atom stereocenters. The smallest absolute Gasteiger partial charge is 0.407 e. The number of aryl methyl sites for hydroxylation is 2. The molecule has 9 heteroatoms. The fraction of sp³-hybridized carbons (Fsp3) is 0.783. The highest BCUT2D eigenvalue weighted by atomic mass is 16.6. The average molecular weight is 449 g/mol. The summed E-state index contributed by atoms with van der Waals surface area (Å²) in [5.41, 5.74) is 0.498. The SMILES string of the molecule is CN=C(NCC1CCN(Cc2nc(C)c(C)o2)CC1)N1CCC(NC(=O)OC(C)(C)C)C1. The monoisotopic (exact) mass is 448 g/mol. The first-order valence-electron chi connectivity index (χ1n) is 11.7. The minimum Gasteiger partial charge on any atom is -0.444 e. The highest BCUT2D eigenvalue weighted by Gasteiger charge is 2.28. The van der Waals surface area contributed by atoms with Gasteiger partial charge in [-0.2, -0.15) is 0 Å². The van der Waals surface area contributed by atoms with Crippen molar-refractivity contribution >= 4 is 12.1 Å². The summed E-state index contributed by atoms with van der Waals surface area (Å²) in [5, 5.41) is 6.53. The van der Waals surface area contributed by atoms with Crippen molar-refractivity contribution in [1.29, 1.82) is 0 Å². The van der Waals surface area contributed by atoms with E-state index in [1.807, 2.05) is 41.7 Å². The number of aromatic nitrogens is 1. The number of piperidine rings is 1. The van der Waals surface area contributed by atoms with Gasteiger partial charge in [0.15, 0.2) is 5.96 Å². The van der Waals surface area contributed by atoms with E-state index < -0.39 is 5.60 Å². The summed E-state index contributed by atoms with van der Waals surface area (Å²) < 4.78 is 11.1. The van der Waals surface area contributed by atoms with Gasteiger partial charge in [-0.15, -0.1) is 0 Å². The molecular formula is C23H40N6O3. The number of guanidine groups is 1. The second kappa shape index (κ2) is 10.6. The number of hydrogen-bond acceptors (Lipinski definition) is 6. The molecule has 3 rings (SSSR count). The molecule has 3 heterocycles. The largest absolute Gasteiger partial charge is 0.444 e. The van der Waals surface area contributed by atoms with Crippen molar-refractivity contribution < 1.29 is 13.9 Å². The topological polar surface area (TPSA) is 95.2 Å². The lowest BCUT2D eigenvalue weighted by molar-refractivity contribution is 0.0507. The highest BCUT2D eigenvalue weighted by molar-refractivity contribution is 5.80. The second-order valence-electron chi connectivity index (χ2n) is 9.97. The Labute approximate surface area is 192 Å². The minimum atomic E-state index is -0.484. The Morgan fingerprint density at radius 2 is 1.94 bits per heavy atom. The number of amides is 1. The zero-order chi connectivity index (χ0) is 23.3. The number of hydrogen-bond donors (Lipinski definition) is 2. The van der Waals surface area contributed by atoms with Gasteiger partial charge in [0.2, 0.25) is 5.89 Å². The van der Waals surface area contributed by atoms with Gasteiger partial charge >= 0.3 is 6.09 Å². The summed E-state index contributed by atoms with van der Waals surface area (Å²) in [5.74, 6) is 3.26. The first-order valence-corrected chi connectivity index (χ1v) is 11.7. The predicted molar refractivity (Wildman–Crippen MR) is 125 cm³/mol. The molecule has 0 aromatic carbocycles. The fourth-order valence-corrected chi connectivity index (χ4v) is 4.26. The zero-order valence-electron chi connectivity index (χ0n) is 20.5. The Balaban J connectivity index is 1.37. The summed E-state index contributed by atoms with van der Waals surface area (Å²) in [7, 11) is 1.82. The number of nitrogens with one attached hydrogen (secondary N) is 2. The van der Waals surface area contributed by atoms with Crippen LogP contribution in [-0.4, -0.2) is 78.3 Å². The van der Waals surface area contributed by atoms with Gasteiger partial charge in [0.25, 0.3) is 0 Å². The number of aliphatic imine (C=N–C) groups is 1. The molecule has 2 saturated heterocycles. The van der Waals surface area contributed by atoms with Crippen LogP contribution in [0.5, 0.6) is 0 Å². The third-order valence-electron chi connectivity index (χ3n) is 6.11. The molecule has 180 valence electrons. The van der Waals surface area contributed by atoms with Crippen molar-refractivity contribution in [2.24, 2.45) is 10.9 Å². The van der Waals surface area contributed by atoms with E-state index in [-0.39, 0.29) is 12.1 Å². The maximum atomic E-state index is 12.0. The van der Waals surface area contributed by atoms with Gasteiger partial charge in [0.05, 0.1) is 18.3 Å². The maximum absolute atomic E-state index is 12.0. The molecule has 0 spiro atoms. The van der Waals surface area contributed by atoms with Crippen LogP contribution in [0.1, 0.15) is 57.4 Å². The molecule has 1 amide bonds. The number of rotatable bonds is 5. The van der Waals surface area contributed by atoms with Crippen molar-refractivity contribution in [3.05, 3.63) is 17.3 Å². The van der Waals surface area contributed by atoms with Gasteiger partial charge in [0, 0.05) is 26.7 Å². The summed E-state index contributed by atoms with van der Waals surface area (Å²) in [6.07, 6.45) is 2.82.